The predicted molar refractivity (Wildman–Crippen MR) is 242 cm³/mol. The largest absolute Gasteiger partial charge is 0.397 e. The number of carbonyl (C=O) groups is 1. The predicted octanol–water partition coefficient (Wildman–Crippen LogP) is 8.92. The van der Waals surface area contributed by atoms with Crippen LogP contribution in [0.2, 0.25) is 0 Å². The van der Waals surface area contributed by atoms with Crippen molar-refractivity contribution < 1.29 is 57.0 Å². The molecule has 14 heteroatoms. The SMILES string of the molecule is CCCCCCCCCCCCCC/C=C/C(O)C(COC1OC(CO)C(O)C(OS(=O)(=O)O)C1O)NC(=O)C(O)CCCCCCCCCCCCCCCCCCCC. The molecule has 1 heterocycles. The minimum absolute atomic E-state index is 0.248. The summed E-state index contributed by atoms with van der Waals surface area (Å²) < 4.78 is 47.5. The third-order valence-electron chi connectivity index (χ3n) is 11.9. The Labute approximate surface area is 371 Å². The smallest absolute Gasteiger partial charge is 0.394 e. The third kappa shape index (κ3) is 30.6. The molecule has 1 aliphatic heterocycles. The number of ether oxygens (including phenoxy) is 2. The molecule has 1 amide bonds. The molecular formula is C47H91NO12S. The molecule has 1 rings (SSSR count). The standard InChI is InChI=1S/C47H91NO12S/c1-3-5-7-9-11-13-15-17-19-20-21-22-24-26-28-30-32-34-36-41(51)46(54)48-39(38-58-47-44(53)45(60-61(55,56)57)43(52)42(37-49)59-47)40(50)35-33-31-29-27-25-23-18-16-14-12-10-8-6-4-2/h33,35,39-45,47,49-53H,3-32,34,36-38H2,1-2H3,(H,48,54)(H,55,56,57)/b35-33+. The van der Waals surface area contributed by atoms with Gasteiger partial charge in [-0.15, -0.1) is 0 Å². The van der Waals surface area contributed by atoms with Crippen LogP contribution in [0.25, 0.3) is 0 Å². The van der Waals surface area contributed by atoms with Gasteiger partial charge in [-0.3, -0.25) is 9.35 Å². The lowest BCUT2D eigenvalue weighted by Crippen LogP contribution is -2.61. The first-order chi connectivity index (χ1) is 29.4. The summed E-state index contributed by atoms with van der Waals surface area (Å²) in [6.45, 7) is 3.23. The fourth-order valence-corrected chi connectivity index (χ4v) is 8.50. The van der Waals surface area contributed by atoms with Gasteiger partial charge in [0.15, 0.2) is 6.29 Å². The van der Waals surface area contributed by atoms with E-state index in [0.29, 0.717) is 12.8 Å². The molecule has 61 heavy (non-hydrogen) atoms. The van der Waals surface area contributed by atoms with Crippen LogP contribution in [0.4, 0.5) is 0 Å². The third-order valence-corrected chi connectivity index (χ3v) is 12.4. The lowest BCUT2D eigenvalue weighted by Gasteiger charge is -2.41. The normalized spacial score (nSPS) is 21.2. The zero-order valence-electron chi connectivity index (χ0n) is 38.4. The number of aliphatic hydroxyl groups is 5. The number of unbranched alkanes of at least 4 members (excludes halogenated alkanes) is 29. The Kier molecular flexibility index (Phi) is 36.1. The van der Waals surface area contributed by atoms with E-state index in [1.54, 1.807) is 6.08 Å². The molecule has 7 N–H and O–H groups in total. The number of amides is 1. The van der Waals surface area contributed by atoms with Crippen molar-refractivity contribution >= 4 is 16.3 Å². The molecule has 13 nitrogen and oxygen atoms in total. The molecule has 0 spiro atoms. The average molecular weight is 894 g/mol. The minimum Gasteiger partial charge on any atom is -0.394 e. The van der Waals surface area contributed by atoms with Crippen molar-refractivity contribution in [2.45, 2.75) is 268 Å². The summed E-state index contributed by atoms with van der Waals surface area (Å²) in [7, 11) is -5.12. The van der Waals surface area contributed by atoms with Crippen LogP contribution in [0, 0.1) is 0 Å². The number of rotatable bonds is 42. The quantitative estimate of drug-likeness (QED) is 0.0174. The fraction of sp³-hybridized carbons (Fsp3) is 0.936. The van der Waals surface area contributed by atoms with E-state index in [9.17, 15) is 43.3 Å². The molecule has 0 radical (unpaired) electrons. The van der Waals surface area contributed by atoms with Gasteiger partial charge in [-0.05, 0) is 19.3 Å². The molecule has 0 saturated carbocycles. The zero-order valence-corrected chi connectivity index (χ0v) is 39.2. The Morgan fingerprint density at radius 1 is 0.656 bits per heavy atom. The molecular weight excluding hydrogens is 803 g/mol. The minimum atomic E-state index is -5.12. The van der Waals surface area contributed by atoms with Crippen LogP contribution in [0.15, 0.2) is 12.2 Å². The Morgan fingerprint density at radius 3 is 1.48 bits per heavy atom. The molecule has 1 aliphatic rings. The number of hydrogen-bond donors (Lipinski definition) is 7. The maximum Gasteiger partial charge on any atom is 0.397 e. The molecule has 1 saturated heterocycles. The molecule has 8 unspecified atom stereocenters. The van der Waals surface area contributed by atoms with E-state index in [1.165, 1.54) is 148 Å². The first-order valence-electron chi connectivity index (χ1n) is 24.7. The van der Waals surface area contributed by atoms with Gasteiger partial charge >= 0.3 is 10.4 Å². The highest BCUT2D eigenvalue weighted by Crippen LogP contribution is 2.26. The second kappa shape index (κ2) is 38.1. The first kappa shape index (κ1) is 57.8. The zero-order chi connectivity index (χ0) is 45.0. The maximum atomic E-state index is 13.1. The van der Waals surface area contributed by atoms with Gasteiger partial charge in [-0.2, -0.15) is 8.42 Å². The molecule has 0 bridgehead atoms. The van der Waals surface area contributed by atoms with E-state index >= 15 is 0 Å². The summed E-state index contributed by atoms with van der Waals surface area (Å²) in [6, 6.07) is -1.11. The first-order valence-corrected chi connectivity index (χ1v) is 26.0. The van der Waals surface area contributed by atoms with Gasteiger partial charge in [-0.25, -0.2) is 4.18 Å². The summed E-state index contributed by atoms with van der Waals surface area (Å²) in [5, 5.41) is 55.3. The maximum absolute atomic E-state index is 13.1. The highest BCUT2D eigenvalue weighted by molar-refractivity contribution is 7.80. The van der Waals surface area contributed by atoms with Crippen molar-refractivity contribution in [3.8, 4) is 0 Å². The Hall–Kier alpha value is -1.20. The van der Waals surface area contributed by atoms with Crippen molar-refractivity contribution in [2.75, 3.05) is 13.2 Å². The summed E-state index contributed by atoms with van der Waals surface area (Å²) in [4.78, 5) is 13.1. The number of nitrogens with one attached hydrogen (secondary N) is 1. The van der Waals surface area contributed by atoms with E-state index in [-0.39, 0.29) is 6.42 Å². The summed E-state index contributed by atoms with van der Waals surface area (Å²) >= 11 is 0. The highest BCUT2D eigenvalue weighted by atomic mass is 32.3. The number of carbonyl (C=O) groups excluding carboxylic acids is 1. The van der Waals surface area contributed by atoms with Crippen LogP contribution in [-0.4, -0.2) is 107 Å². The molecule has 0 aromatic carbocycles. The Bertz CT molecular complexity index is 1160. The Morgan fingerprint density at radius 2 is 1.07 bits per heavy atom. The average Bonchev–Trinajstić information content (AvgIpc) is 3.23. The molecule has 0 aromatic rings. The second-order valence-corrected chi connectivity index (χ2v) is 18.6. The van der Waals surface area contributed by atoms with Crippen LogP contribution in [0.1, 0.15) is 219 Å². The van der Waals surface area contributed by atoms with Gasteiger partial charge in [0.05, 0.1) is 25.4 Å². The van der Waals surface area contributed by atoms with E-state index in [4.69, 9.17) is 9.47 Å². The molecule has 8 atom stereocenters. The van der Waals surface area contributed by atoms with E-state index in [0.717, 1.165) is 38.5 Å². The van der Waals surface area contributed by atoms with Crippen LogP contribution in [-0.2, 0) is 28.9 Å². The number of allylic oxidation sites excluding steroid dienone is 1. The van der Waals surface area contributed by atoms with E-state index in [2.05, 4.69) is 23.3 Å². The summed E-state index contributed by atoms with van der Waals surface area (Å²) in [6.07, 6.45) is 30.0. The van der Waals surface area contributed by atoms with Crippen molar-refractivity contribution in [2.24, 2.45) is 0 Å². The molecule has 362 valence electrons. The molecule has 0 aromatic heterocycles. The second-order valence-electron chi connectivity index (χ2n) is 17.6. The fourth-order valence-electron chi connectivity index (χ4n) is 7.99. The van der Waals surface area contributed by atoms with Crippen molar-refractivity contribution in [1.82, 2.24) is 5.32 Å². The van der Waals surface area contributed by atoms with Crippen LogP contribution < -0.4 is 5.32 Å². The van der Waals surface area contributed by atoms with Gasteiger partial charge in [0.2, 0.25) is 5.91 Å². The lowest BCUT2D eigenvalue weighted by molar-refractivity contribution is -0.298. The van der Waals surface area contributed by atoms with Crippen LogP contribution in [0.3, 0.4) is 0 Å². The van der Waals surface area contributed by atoms with E-state index in [1.807, 2.05) is 6.08 Å². The van der Waals surface area contributed by atoms with Crippen molar-refractivity contribution in [1.29, 1.82) is 0 Å². The molecule has 0 aliphatic carbocycles. The summed E-state index contributed by atoms with van der Waals surface area (Å²) in [5.41, 5.74) is 0. The number of aliphatic hydroxyl groups excluding tert-OH is 5. The van der Waals surface area contributed by atoms with Crippen LogP contribution in [0.5, 0.6) is 0 Å². The summed E-state index contributed by atoms with van der Waals surface area (Å²) in [5.74, 6) is -0.699. The van der Waals surface area contributed by atoms with Gasteiger partial charge in [-0.1, -0.05) is 212 Å². The van der Waals surface area contributed by atoms with Crippen molar-refractivity contribution in [3.63, 3.8) is 0 Å². The van der Waals surface area contributed by atoms with Gasteiger partial charge in [0, 0.05) is 0 Å². The number of hydrogen-bond acceptors (Lipinski definition) is 11. The van der Waals surface area contributed by atoms with Gasteiger partial charge in [0.1, 0.15) is 30.5 Å². The highest BCUT2D eigenvalue weighted by Gasteiger charge is 2.48. The van der Waals surface area contributed by atoms with Gasteiger partial charge in [0.25, 0.3) is 0 Å². The topological polar surface area (TPSA) is 212 Å². The lowest BCUT2D eigenvalue weighted by atomic mass is 9.99. The Balaban J connectivity index is 2.53. The molecule has 1 fully saturated rings. The monoisotopic (exact) mass is 894 g/mol. The van der Waals surface area contributed by atoms with Gasteiger partial charge < -0.3 is 40.3 Å². The van der Waals surface area contributed by atoms with E-state index < -0.39 is 78.5 Å². The van der Waals surface area contributed by atoms with Crippen LogP contribution >= 0.6 is 0 Å². The van der Waals surface area contributed by atoms with Crippen molar-refractivity contribution in [3.05, 3.63) is 12.2 Å².